The van der Waals surface area contributed by atoms with Crippen LogP contribution in [0, 0.1) is 0 Å². The number of hydrogen-bond acceptors (Lipinski definition) is 16. The Balaban J connectivity index is 4.05. The van der Waals surface area contributed by atoms with Gasteiger partial charge >= 0.3 is 29.8 Å². The van der Waals surface area contributed by atoms with Gasteiger partial charge in [0.15, 0.2) is 0 Å². The zero-order valence-corrected chi connectivity index (χ0v) is 45.1. The third-order valence-corrected chi connectivity index (χ3v) is 11.7. The van der Waals surface area contributed by atoms with Crippen LogP contribution in [0.4, 0.5) is 0 Å². The van der Waals surface area contributed by atoms with Crippen LogP contribution < -0.4 is 31.9 Å². The summed E-state index contributed by atoms with van der Waals surface area (Å²) in [6.45, 7) is 0.956. The topological polar surface area (TPSA) is 415 Å². The summed E-state index contributed by atoms with van der Waals surface area (Å²) in [6, 6.07) is -5.54. The average molecular weight is 1120 g/mol. The maximum Gasteiger partial charge on any atom is 0.326 e. The van der Waals surface area contributed by atoms with Crippen molar-refractivity contribution in [1.29, 1.82) is 0 Å². The molecule has 4 atom stereocenters. The van der Waals surface area contributed by atoms with Crippen LogP contribution in [0.1, 0.15) is 161 Å². The summed E-state index contributed by atoms with van der Waals surface area (Å²) in [4.78, 5) is 142. The van der Waals surface area contributed by atoms with Gasteiger partial charge < -0.3 is 81.2 Å². The smallest absolute Gasteiger partial charge is 0.326 e. The SMILES string of the molecule is CC(=O)CC[C@H](NC(=O)CC[C@H](NC(=O)COCCOCCNC(=O)COCCOCCNC(=O)CC[C@H](NC(=O)CC[C@H](NC(=O)CCCCCCCCCCCCCCCCC(=O)O)C(=O)O)C(=O)O)C(=O)O)C(=O)O. The second kappa shape index (κ2) is 46.7. The molecule has 0 saturated heterocycles. The summed E-state index contributed by atoms with van der Waals surface area (Å²) >= 11 is 0. The Morgan fingerprint density at radius 3 is 0.987 bits per heavy atom. The summed E-state index contributed by atoms with van der Waals surface area (Å²) in [5.41, 5.74) is 0. The predicted octanol–water partition coefficient (Wildman–Crippen LogP) is 1.60. The van der Waals surface area contributed by atoms with Gasteiger partial charge in [0.2, 0.25) is 35.4 Å². The zero-order chi connectivity index (χ0) is 58.4. The van der Waals surface area contributed by atoms with E-state index in [4.69, 9.17) is 24.1 Å². The zero-order valence-electron chi connectivity index (χ0n) is 45.1. The molecule has 11 N–H and O–H groups in total. The molecule has 6 amide bonds. The maximum absolute atomic E-state index is 12.5. The third kappa shape index (κ3) is 43.7. The number of carboxylic acids is 5. The van der Waals surface area contributed by atoms with Crippen LogP contribution in [0.25, 0.3) is 0 Å². The number of amides is 6. The molecule has 78 heavy (non-hydrogen) atoms. The molecule has 0 rings (SSSR count). The van der Waals surface area contributed by atoms with Gasteiger partial charge in [-0.25, -0.2) is 19.2 Å². The van der Waals surface area contributed by atoms with Crippen molar-refractivity contribution in [3.63, 3.8) is 0 Å². The van der Waals surface area contributed by atoms with Gasteiger partial charge in [0.1, 0.15) is 43.2 Å². The highest BCUT2D eigenvalue weighted by Crippen LogP contribution is 2.14. The molecule has 27 heteroatoms. The maximum atomic E-state index is 12.5. The summed E-state index contributed by atoms with van der Waals surface area (Å²) in [7, 11) is 0. The minimum Gasteiger partial charge on any atom is -0.481 e. The number of ketones is 1. The van der Waals surface area contributed by atoms with Crippen molar-refractivity contribution in [3.8, 4) is 0 Å². The molecule has 0 saturated carbocycles. The number of carboxylic acid groups (broad SMARTS) is 5. The van der Waals surface area contributed by atoms with E-state index in [9.17, 15) is 78.0 Å². The summed E-state index contributed by atoms with van der Waals surface area (Å²) in [6.07, 6.45) is 12.6. The van der Waals surface area contributed by atoms with Crippen LogP contribution in [-0.4, -0.2) is 187 Å². The average Bonchev–Trinajstić information content (AvgIpc) is 3.37. The molecule has 0 aliphatic rings. The van der Waals surface area contributed by atoms with Crippen molar-refractivity contribution < 1.29 is 102 Å². The fourth-order valence-electron chi connectivity index (χ4n) is 7.36. The normalized spacial score (nSPS) is 12.5. The van der Waals surface area contributed by atoms with Crippen LogP contribution >= 0.6 is 0 Å². The van der Waals surface area contributed by atoms with Crippen LogP contribution in [0.2, 0.25) is 0 Å². The fourth-order valence-corrected chi connectivity index (χ4v) is 7.36. The van der Waals surface area contributed by atoms with E-state index in [2.05, 4.69) is 31.9 Å². The van der Waals surface area contributed by atoms with E-state index in [-0.39, 0.29) is 123 Å². The number of unbranched alkanes of at least 4 members (excludes halogenated alkanes) is 13. The molecule has 0 spiro atoms. The highest BCUT2D eigenvalue weighted by atomic mass is 16.5. The van der Waals surface area contributed by atoms with E-state index in [0.717, 1.165) is 57.8 Å². The Labute approximate surface area is 455 Å². The number of Topliss-reactive ketones (excluding diaryl/α,β-unsaturated/α-hetero) is 1. The largest absolute Gasteiger partial charge is 0.481 e. The quantitative estimate of drug-likeness (QED) is 0.0385. The molecule has 27 nitrogen and oxygen atoms in total. The van der Waals surface area contributed by atoms with Gasteiger partial charge in [-0.05, 0) is 45.4 Å². The van der Waals surface area contributed by atoms with Gasteiger partial charge in [0.25, 0.3) is 0 Å². The number of carbonyl (C=O) groups excluding carboxylic acids is 7. The lowest BCUT2D eigenvalue weighted by molar-refractivity contribution is -0.144. The minimum absolute atomic E-state index is 0.0333. The summed E-state index contributed by atoms with van der Waals surface area (Å²) < 4.78 is 21.1. The van der Waals surface area contributed by atoms with Crippen molar-refractivity contribution in [2.24, 2.45) is 0 Å². The first kappa shape index (κ1) is 71.7. The highest BCUT2D eigenvalue weighted by Gasteiger charge is 2.26. The molecule has 0 heterocycles. The Kier molecular flexibility index (Phi) is 43.0. The molecule has 0 aliphatic carbocycles. The number of aliphatic carboxylic acids is 5. The Bertz CT molecular complexity index is 1840. The molecule has 0 aliphatic heterocycles. The van der Waals surface area contributed by atoms with Crippen LogP contribution in [-0.2, 0) is 76.5 Å². The van der Waals surface area contributed by atoms with E-state index in [0.29, 0.717) is 6.42 Å². The van der Waals surface area contributed by atoms with Crippen molar-refractivity contribution >= 4 is 71.1 Å². The lowest BCUT2D eigenvalue weighted by Crippen LogP contribution is -2.45. The van der Waals surface area contributed by atoms with Crippen LogP contribution in [0.5, 0.6) is 0 Å². The Morgan fingerprint density at radius 2 is 0.615 bits per heavy atom. The molecule has 446 valence electrons. The van der Waals surface area contributed by atoms with Gasteiger partial charge in [-0.15, -0.1) is 0 Å². The Hall–Kier alpha value is -6.32. The van der Waals surface area contributed by atoms with Crippen molar-refractivity contribution in [2.75, 3.05) is 65.9 Å². The predicted molar refractivity (Wildman–Crippen MR) is 277 cm³/mol. The van der Waals surface area contributed by atoms with Gasteiger partial charge in [0.05, 0.1) is 39.6 Å². The van der Waals surface area contributed by atoms with Crippen molar-refractivity contribution in [3.05, 3.63) is 0 Å². The van der Waals surface area contributed by atoms with E-state index in [1.54, 1.807) is 0 Å². The molecule has 0 aromatic rings. The number of hydrogen-bond donors (Lipinski definition) is 11. The molecular weight excluding hydrogens is 1030 g/mol. The first-order chi connectivity index (χ1) is 37.2. The second-order valence-electron chi connectivity index (χ2n) is 18.6. The number of nitrogens with one attached hydrogen (secondary N) is 6. The van der Waals surface area contributed by atoms with Gasteiger partial charge in [-0.1, -0.05) is 77.0 Å². The standard InChI is InChI=1S/C51H86N6O21/c1-36(58)18-19-37(48(67)68)55-43(61)25-22-40(51(73)74)57-46(64)35-78-33-31-76-29-27-53-45(63)34-77-32-30-75-28-26-52-41(59)23-20-38(49(69)70)56-44(62)24-21-39(50(71)72)54-42(60)16-14-12-10-8-6-4-2-3-5-7-9-11-13-15-17-47(65)66/h37-40H,2-35H2,1H3,(H,52,59)(H,53,63)(H,54,60)(H,55,61)(H,56,62)(H,57,64)(H,65,66)(H,67,68)(H,69,70)(H,71,72)(H,73,74)/t37-,38-,39-,40-/m0/s1. The first-order valence-electron chi connectivity index (χ1n) is 26.9. The van der Waals surface area contributed by atoms with E-state index in [1.165, 1.54) is 32.6 Å². The summed E-state index contributed by atoms with van der Waals surface area (Å²) in [5, 5.41) is 60.7. The lowest BCUT2D eigenvalue weighted by atomic mass is 10.0. The molecule has 0 aromatic carbocycles. The number of rotatable bonds is 53. The van der Waals surface area contributed by atoms with E-state index < -0.39 is 102 Å². The van der Waals surface area contributed by atoms with Gasteiger partial charge in [-0.2, -0.15) is 0 Å². The fraction of sp³-hybridized carbons (Fsp3) is 0.765. The lowest BCUT2D eigenvalue weighted by Gasteiger charge is -2.17. The molecule has 0 aromatic heterocycles. The first-order valence-corrected chi connectivity index (χ1v) is 26.9. The van der Waals surface area contributed by atoms with Gasteiger partial charge in [0, 0.05) is 51.6 Å². The van der Waals surface area contributed by atoms with Gasteiger partial charge in [-0.3, -0.25) is 33.6 Å². The molecule has 0 unspecified atom stereocenters. The second-order valence-corrected chi connectivity index (χ2v) is 18.6. The monoisotopic (exact) mass is 1120 g/mol. The van der Waals surface area contributed by atoms with Crippen molar-refractivity contribution in [2.45, 2.75) is 185 Å². The van der Waals surface area contributed by atoms with Crippen LogP contribution in [0.15, 0.2) is 0 Å². The molecular formula is C51H86N6O21. The minimum atomic E-state index is -1.45. The number of ether oxygens (including phenoxy) is 4. The van der Waals surface area contributed by atoms with E-state index in [1.807, 2.05) is 0 Å². The molecule has 0 bridgehead atoms. The van der Waals surface area contributed by atoms with E-state index >= 15 is 0 Å². The highest BCUT2D eigenvalue weighted by molar-refractivity contribution is 5.88. The number of carbonyl (C=O) groups is 12. The summed E-state index contributed by atoms with van der Waals surface area (Å²) in [5.74, 6) is -10.2. The molecule has 0 fully saturated rings. The third-order valence-electron chi connectivity index (χ3n) is 11.7. The Morgan fingerprint density at radius 1 is 0.321 bits per heavy atom. The molecule has 0 radical (unpaired) electrons. The van der Waals surface area contributed by atoms with Crippen LogP contribution in [0.3, 0.4) is 0 Å². The van der Waals surface area contributed by atoms with Crippen molar-refractivity contribution in [1.82, 2.24) is 31.9 Å².